The fourth-order valence-corrected chi connectivity index (χ4v) is 2.89. The molecule has 2 rings (SSSR count). The van der Waals surface area contributed by atoms with E-state index in [2.05, 4.69) is 55.9 Å². The smallest absolute Gasteiger partial charge is 0.136 e. The van der Waals surface area contributed by atoms with Crippen LogP contribution in [0.2, 0.25) is 5.15 Å². The van der Waals surface area contributed by atoms with Gasteiger partial charge in [-0.15, -0.1) is 0 Å². The molecule has 0 amide bonds. The summed E-state index contributed by atoms with van der Waals surface area (Å²) in [6, 6.07) is 6.46. The molecule has 0 fully saturated rings. The SMILES string of the molecule is Cc1ccc(Cc2nc(C)c(C(C)C)c(Cl)n2)cc1C. The number of aromatic nitrogens is 2. The van der Waals surface area contributed by atoms with Crippen LogP contribution in [0, 0.1) is 20.8 Å². The summed E-state index contributed by atoms with van der Waals surface area (Å²) in [6.45, 7) is 10.5. The molecule has 3 heteroatoms. The van der Waals surface area contributed by atoms with Crippen LogP contribution in [0.1, 0.15) is 53.5 Å². The molecule has 106 valence electrons. The Bertz CT molecular complexity index is 610. The minimum Gasteiger partial charge on any atom is -0.237 e. The lowest BCUT2D eigenvalue weighted by atomic mass is 10.0. The maximum absolute atomic E-state index is 6.30. The molecule has 0 saturated heterocycles. The Morgan fingerprint density at radius 1 is 1.05 bits per heavy atom. The summed E-state index contributed by atoms with van der Waals surface area (Å²) in [7, 11) is 0. The van der Waals surface area contributed by atoms with Gasteiger partial charge in [-0.1, -0.05) is 43.6 Å². The van der Waals surface area contributed by atoms with E-state index in [0.29, 0.717) is 11.1 Å². The molecule has 1 aromatic carbocycles. The zero-order valence-corrected chi connectivity index (χ0v) is 13.5. The average molecular weight is 289 g/mol. The molecular formula is C17H21ClN2. The van der Waals surface area contributed by atoms with Gasteiger partial charge < -0.3 is 0 Å². The lowest BCUT2D eigenvalue weighted by Crippen LogP contribution is -2.05. The van der Waals surface area contributed by atoms with Crippen molar-refractivity contribution in [3.8, 4) is 0 Å². The van der Waals surface area contributed by atoms with E-state index in [1.165, 1.54) is 16.7 Å². The van der Waals surface area contributed by atoms with E-state index in [9.17, 15) is 0 Å². The first-order valence-electron chi connectivity index (χ1n) is 6.97. The maximum Gasteiger partial charge on any atom is 0.136 e. The minimum atomic E-state index is 0.346. The third-order valence-corrected chi connectivity index (χ3v) is 3.94. The molecule has 0 unspecified atom stereocenters. The van der Waals surface area contributed by atoms with Crippen molar-refractivity contribution in [2.75, 3.05) is 0 Å². The molecule has 0 aliphatic heterocycles. The van der Waals surface area contributed by atoms with Gasteiger partial charge in [-0.25, -0.2) is 9.97 Å². The van der Waals surface area contributed by atoms with Crippen LogP contribution in [0.3, 0.4) is 0 Å². The number of halogens is 1. The van der Waals surface area contributed by atoms with Crippen molar-refractivity contribution in [1.29, 1.82) is 0 Å². The van der Waals surface area contributed by atoms with Gasteiger partial charge >= 0.3 is 0 Å². The third kappa shape index (κ3) is 3.18. The normalized spacial score (nSPS) is 11.2. The van der Waals surface area contributed by atoms with Crippen LogP contribution in [0.4, 0.5) is 0 Å². The molecule has 2 nitrogen and oxygen atoms in total. The first-order chi connectivity index (χ1) is 9.38. The second kappa shape index (κ2) is 5.92. The number of rotatable bonds is 3. The molecule has 0 radical (unpaired) electrons. The lowest BCUT2D eigenvalue weighted by Gasteiger charge is -2.12. The Morgan fingerprint density at radius 3 is 2.30 bits per heavy atom. The standard InChI is InChI=1S/C17H21ClN2/c1-10(2)16-13(5)19-15(20-17(16)18)9-14-7-6-11(3)12(4)8-14/h6-8,10H,9H2,1-5H3. The molecule has 0 aliphatic rings. The minimum absolute atomic E-state index is 0.346. The highest BCUT2D eigenvalue weighted by molar-refractivity contribution is 6.30. The Balaban J connectivity index is 2.32. The fraction of sp³-hybridized carbons (Fsp3) is 0.412. The number of hydrogen-bond donors (Lipinski definition) is 0. The van der Waals surface area contributed by atoms with Crippen LogP contribution >= 0.6 is 11.6 Å². The molecule has 0 N–H and O–H groups in total. The molecule has 0 bridgehead atoms. The first kappa shape index (κ1) is 15.0. The van der Waals surface area contributed by atoms with Gasteiger partial charge in [-0.3, -0.25) is 0 Å². The van der Waals surface area contributed by atoms with Gasteiger partial charge in [0, 0.05) is 17.7 Å². The van der Waals surface area contributed by atoms with E-state index in [-0.39, 0.29) is 0 Å². The predicted octanol–water partition coefficient (Wildman–Crippen LogP) is 4.77. The van der Waals surface area contributed by atoms with Crippen LogP contribution < -0.4 is 0 Å². The fourth-order valence-electron chi connectivity index (χ4n) is 2.43. The lowest BCUT2D eigenvalue weighted by molar-refractivity contribution is 0.810. The molecule has 1 heterocycles. The highest BCUT2D eigenvalue weighted by atomic mass is 35.5. The Labute approximate surface area is 126 Å². The van der Waals surface area contributed by atoms with Crippen LogP contribution in [0.25, 0.3) is 0 Å². The van der Waals surface area contributed by atoms with Gasteiger partial charge in [0.25, 0.3) is 0 Å². The highest BCUT2D eigenvalue weighted by Crippen LogP contribution is 2.25. The van der Waals surface area contributed by atoms with Gasteiger partial charge in [0.1, 0.15) is 11.0 Å². The van der Waals surface area contributed by atoms with Gasteiger partial charge in [-0.05, 0) is 43.4 Å². The second-order valence-electron chi connectivity index (χ2n) is 5.68. The summed E-state index contributed by atoms with van der Waals surface area (Å²) < 4.78 is 0. The molecular weight excluding hydrogens is 268 g/mol. The molecule has 1 aromatic heterocycles. The average Bonchev–Trinajstić information content (AvgIpc) is 2.32. The van der Waals surface area contributed by atoms with Gasteiger partial charge in [0.15, 0.2) is 0 Å². The van der Waals surface area contributed by atoms with E-state index < -0.39 is 0 Å². The van der Waals surface area contributed by atoms with Crippen molar-refractivity contribution in [1.82, 2.24) is 9.97 Å². The van der Waals surface area contributed by atoms with Gasteiger partial charge in [0.05, 0.1) is 0 Å². The molecule has 20 heavy (non-hydrogen) atoms. The van der Waals surface area contributed by atoms with Crippen molar-refractivity contribution < 1.29 is 0 Å². The number of benzene rings is 1. The number of aryl methyl sites for hydroxylation is 3. The van der Waals surface area contributed by atoms with Crippen LogP contribution in [-0.4, -0.2) is 9.97 Å². The highest BCUT2D eigenvalue weighted by Gasteiger charge is 2.13. The third-order valence-electron chi connectivity index (χ3n) is 3.65. The molecule has 0 atom stereocenters. The van der Waals surface area contributed by atoms with Gasteiger partial charge in [0.2, 0.25) is 0 Å². The summed E-state index contributed by atoms with van der Waals surface area (Å²) >= 11 is 6.30. The Kier molecular flexibility index (Phi) is 4.44. The number of nitrogens with zero attached hydrogens (tertiary/aromatic N) is 2. The number of hydrogen-bond acceptors (Lipinski definition) is 2. The van der Waals surface area contributed by atoms with E-state index in [1.54, 1.807) is 0 Å². The maximum atomic E-state index is 6.30. The molecule has 0 spiro atoms. The van der Waals surface area contributed by atoms with E-state index >= 15 is 0 Å². The van der Waals surface area contributed by atoms with Gasteiger partial charge in [-0.2, -0.15) is 0 Å². The largest absolute Gasteiger partial charge is 0.237 e. The molecule has 0 aliphatic carbocycles. The summed E-state index contributed by atoms with van der Waals surface area (Å²) in [5.74, 6) is 1.14. The topological polar surface area (TPSA) is 25.8 Å². The second-order valence-corrected chi connectivity index (χ2v) is 6.04. The quantitative estimate of drug-likeness (QED) is 0.760. The predicted molar refractivity (Wildman–Crippen MR) is 84.6 cm³/mol. The van der Waals surface area contributed by atoms with Crippen molar-refractivity contribution in [2.45, 2.75) is 47.0 Å². The first-order valence-corrected chi connectivity index (χ1v) is 7.35. The molecule has 0 saturated carbocycles. The van der Waals surface area contributed by atoms with Crippen molar-refractivity contribution in [3.05, 3.63) is 57.1 Å². The van der Waals surface area contributed by atoms with Crippen molar-refractivity contribution in [2.24, 2.45) is 0 Å². The monoisotopic (exact) mass is 288 g/mol. The Hall–Kier alpha value is -1.41. The van der Waals surface area contributed by atoms with E-state index in [4.69, 9.17) is 11.6 Å². The van der Waals surface area contributed by atoms with Crippen LogP contribution in [-0.2, 0) is 6.42 Å². The summed E-state index contributed by atoms with van der Waals surface area (Å²) in [5, 5.41) is 0.589. The summed E-state index contributed by atoms with van der Waals surface area (Å²) in [5.41, 5.74) is 5.86. The van der Waals surface area contributed by atoms with Crippen LogP contribution in [0.5, 0.6) is 0 Å². The van der Waals surface area contributed by atoms with E-state index in [0.717, 1.165) is 23.5 Å². The zero-order valence-electron chi connectivity index (χ0n) is 12.8. The zero-order chi connectivity index (χ0) is 14.9. The Morgan fingerprint density at radius 2 is 1.75 bits per heavy atom. The van der Waals surface area contributed by atoms with Crippen LogP contribution in [0.15, 0.2) is 18.2 Å². The summed E-state index contributed by atoms with van der Waals surface area (Å²) in [6.07, 6.45) is 0.722. The van der Waals surface area contributed by atoms with E-state index in [1.807, 2.05) is 6.92 Å². The van der Waals surface area contributed by atoms with Crippen molar-refractivity contribution >= 4 is 11.6 Å². The molecule has 2 aromatic rings. The summed E-state index contributed by atoms with van der Waals surface area (Å²) in [4.78, 5) is 9.06. The van der Waals surface area contributed by atoms with Crippen molar-refractivity contribution in [3.63, 3.8) is 0 Å².